The molecule has 0 saturated heterocycles. The molecule has 1 unspecified atom stereocenters. The number of carbonyl (C=O) groups excluding carboxylic acids is 1. The maximum atomic E-state index is 11.3. The summed E-state index contributed by atoms with van der Waals surface area (Å²) in [5.41, 5.74) is 12.8. The Labute approximate surface area is 95.6 Å². The molecule has 0 fully saturated rings. The molecule has 0 heterocycles. The fourth-order valence-corrected chi connectivity index (χ4v) is 1.67. The van der Waals surface area contributed by atoms with Crippen molar-refractivity contribution in [1.29, 1.82) is 0 Å². The molecule has 0 aliphatic carbocycles. The zero-order valence-electron chi connectivity index (χ0n) is 9.69. The maximum absolute atomic E-state index is 11.3. The molecule has 88 valence electrons. The number of aryl methyl sites for hydroxylation is 1. The van der Waals surface area contributed by atoms with Crippen LogP contribution in [0.2, 0.25) is 0 Å². The van der Waals surface area contributed by atoms with Gasteiger partial charge in [-0.25, -0.2) is 0 Å². The van der Waals surface area contributed by atoms with Crippen LogP contribution in [0.1, 0.15) is 24.0 Å². The van der Waals surface area contributed by atoms with Crippen molar-refractivity contribution in [3.8, 4) is 5.75 Å². The summed E-state index contributed by atoms with van der Waals surface area (Å²) in [5.74, 6) is -0.248. The third-order valence-electron chi connectivity index (χ3n) is 2.66. The van der Waals surface area contributed by atoms with Crippen molar-refractivity contribution in [2.24, 2.45) is 11.5 Å². The van der Waals surface area contributed by atoms with Crippen LogP contribution in [0.5, 0.6) is 5.75 Å². The van der Waals surface area contributed by atoms with E-state index in [1.54, 1.807) is 7.11 Å². The Balaban J connectivity index is 3.21. The highest BCUT2D eigenvalue weighted by atomic mass is 16.5. The van der Waals surface area contributed by atoms with Gasteiger partial charge in [-0.3, -0.25) is 4.79 Å². The van der Waals surface area contributed by atoms with E-state index in [4.69, 9.17) is 16.2 Å². The van der Waals surface area contributed by atoms with Gasteiger partial charge in [0.2, 0.25) is 5.91 Å². The van der Waals surface area contributed by atoms with Crippen LogP contribution in [-0.4, -0.2) is 19.6 Å². The second kappa shape index (κ2) is 5.51. The first kappa shape index (κ1) is 12.5. The lowest BCUT2D eigenvalue weighted by molar-refractivity contribution is -0.119. The first-order chi connectivity index (χ1) is 7.63. The molecule has 0 saturated carbocycles. The molecular formula is C12H18N2O2. The van der Waals surface area contributed by atoms with E-state index >= 15 is 0 Å². The summed E-state index contributed by atoms with van der Waals surface area (Å²) in [6.07, 6.45) is 0.896. The zero-order valence-corrected chi connectivity index (χ0v) is 9.69. The van der Waals surface area contributed by atoms with Crippen molar-refractivity contribution in [2.75, 3.05) is 13.7 Å². The van der Waals surface area contributed by atoms with Crippen molar-refractivity contribution in [3.05, 3.63) is 29.3 Å². The predicted molar refractivity (Wildman–Crippen MR) is 63.4 cm³/mol. The Morgan fingerprint density at radius 3 is 2.62 bits per heavy atom. The summed E-state index contributed by atoms with van der Waals surface area (Å²) in [6, 6.07) is 5.75. The molecule has 16 heavy (non-hydrogen) atoms. The van der Waals surface area contributed by atoms with Gasteiger partial charge in [0.15, 0.2) is 0 Å². The lowest BCUT2D eigenvalue weighted by Crippen LogP contribution is -2.28. The minimum Gasteiger partial charge on any atom is -0.496 e. The number of hydrogen-bond donors (Lipinski definition) is 2. The number of carbonyl (C=O) groups is 1. The smallest absolute Gasteiger partial charge is 0.226 e. The fraction of sp³-hybridized carbons (Fsp3) is 0.417. The van der Waals surface area contributed by atoms with Crippen LogP contribution in [0.25, 0.3) is 0 Å². The molecular weight excluding hydrogens is 204 g/mol. The van der Waals surface area contributed by atoms with Gasteiger partial charge >= 0.3 is 0 Å². The van der Waals surface area contributed by atoms with E-state index in [1.807, 2.05) is 25.1 Å². The van der Waals surface area contributed by atoms with E-state index in [9.17, 15) is 4.79 Å². The standard InChI is InChI=1S/C12H18N2O2/c1-3-8-4-5-11(16-2)9(6-8)10(7-13)12(14)15/h4-6,10H,3,7,13H2,1-2H3,(H2,14,15). The van der Waals surface area contributed by atoms with E-state index in [-0.39, 0.29) is 6.54 Å². The molecule has 4 nitrogen and oxygen atoms in total. The number of primary amides is 1. The molecule has 1 atom stereocenters. The third kappa shape index (κ3) is 2.52. The molecule has 1 amide bonds. The van der Waals surface area contributed by atoms with Gasteiger partial charge in [-0.1, -0.05) is 19.1 Å². The second-order valence-corrected chi connectivity index (χ2v) is 3.62. The van der Waals surface area contributed by atoms with Gasteiger partial charge in [-0.05, 0) is 18.1 Å². The van der Waals surface area contributed by atoms with Gasteiger partial charge in [0.25, 0.3) is 0 Å². The van der Waals surface area contributed by atoms with Gasteiger partial charge in [0.05, 0.1) is 13.0 Å². The molecule has 1 aromatic carbocycles. The van der Waals surface area contributed by atoms with Gasteiger partial charge < -0.3 is 16.2 Å². The van der Waals surface area contributed by atoms with Gasteiger partial charge in [0, 0.05) is 12.1 Å². The third-order valence-corrected chi connectivity index (χ3v) is 2.66. The van der Waals surface area contributed by atoms with Gasteiger partial charge in [0.1, 0.15) is 5.75 Å². The Kier molecular flexibility index (Phi) is 4.31. The lowest BCUT2D eigenvalue weighted by atomic mass is 9.95. The SMILES string of the molecule is CCc1ccc(OC)c(C(CN)C(N)=O)c1. The second-order valence-electron chi connectivity index (χ2n) is 3.62. The molecule has 0 bridgehead atoms. The summed E-state index contributed by atoms with van der Waals surface area (Å²) in [7, 11) is 1.57. The Morgan fingerprint density at radius 2 is 2.19 bits per heavy atom. The zero-order chi connectivity index (χ0) is 12.1. The molecule has 0 aromatic heterocycles. The van der Waals surface area contributed by atoms with Gasteiger partial charge in [-0.2, -0.15) is 0 Å². The van der Waals surface area contributed by atoms with E-state index in [1.165, 1.54) is 0 Å². The Morgan fingerprint density at radius 1 is 1.50 bits per heavy atom. The van der Waals surface area contributed by atoms with E-state index < -0.39 is 11.8 Å². The van der Waals surface area contributed by atoms with E-state index in [0.717, 1.165) is 17.5 Å². The van der Waals surface area contributed by atoms with Gasteiger partial charge in [-0.15, -0.1) is 0 Å². The molecule has 1 rings (SSSR count). The molecule has 0 spiro atoms. The Bertz CT molecular complexity index is 377. The quantitative estimate of drug-likeness (QED) is 0.773. The minimum absolute atomic E-state index is 0.193. The Hall–Kier alpha value is -1.55. The topological polar surface area (TPSA) is 78.3 Å². The van der Waals surface area contributed by atoms with Crippen molar-refractivity contribution >= 4 is 5.91 Å². The molecule has 4 heteroatoms. The average Bonchev–Trinajstić information content (AvgIpc) is 2.29. The summed E-state index contributed by atoms with van der Waals surface area (Å²) in [6.45, 7) is 2.24. The molecule has 4 N–H and O–H groups in total. The van der Waals surface area contributed by atoms with Crippen LogP contribution < -0.4 is 16.2 Å². The van der Waals surface area contributed by atoms with Crippen LogP contribution >= 0.6 is 0 Å². The van der Waals surface area contributed by atoms with Crippen molar-refractivity contribution in [1.82, 2.24) is 0 Å². The normalized spacial score (nSPS) is 12.2. The van der Waals surface area contributed by atoms with Crippen molar-refractivity contribution in [3.63, 3.8) is 0 Å². The van der Waals surface area contributed by atoms with E-state index in [0.29, 0.717) is 5.75 Å². The summed E-state index contributed by atoms with van der Waals surface area (Å²) in [4.78, 5) is 11.3. The van der Waals surface area contributed by atoms with Crippen molar-refractivity contribution in [2.45, 2.75) is 19.3 Å². The van der Waals surface area contributed by atoms with Crippen LogP contribution in [0.3, 0.4) is 0 Å². The van der Waals surface area contributed by atoms with Crippen LogP contribution in [0, 0.1) is 0 Å². The fourth-order valence-electron chi connectivity index (χ4n) is 1.67. The maximum Gasteiger partial charge on any atom is 0.226 e. The van der Waals surface area contributed by atoms with E-state index in [2.05, 4.69) is 0 Å². The largest absolute Gasteiger partial charge is 0.496 e. The first-order valence-electron chi connectivity index (χ1n) is 5.30. The lowest BCUT2D eigenvalue weighted by Gasteiger charge is -2.16. The van der Waals surface area contributed by atoms with Crippen LogP contribution in [-0.2, 0) is 11.2 Å². The number of hydrogen-bond acceptors (Lipinski definition) is 3. The number of rotatable bonds is 5. The highest BCUT2D eigenvalue weighted by Crippen LogP contribution is 2.27. The highest BCUT2D eigenvalue weighted by molar-refractivity contribution is 5.83. The van der Waals surface area contributed by atoms with Crippen LogP contribution in [0.15, 0.2) is 18.2 Å². The summed E-state index contributed by atoms with van der Waals surface area (Å²) < 4.78 is 5.21. The number of amides is 1. The number of benzene rings is 1. The molecule has 0 aliphatic rings. The summed E-state index contributed by atoms with van der Waals surface area (Å²) in [5, 5.41) is 0. The minimum atomic E-state index is -0.485. The number of ether oxygens (including phenoxy) is 1. The highest BCUT2D eigenvalue weighted by Gasteiger charge is 2.20. The molecule has 0 aliphatic heterocycles. The first-order valence-corrected chi connectivity index (χ1v) is 5.30. The summed E-state index contributed by atoms with van der Waals surface area (Å²) >= 11 is 0. The predicted octanol–water partition coefficient (Wildman–Crippen LogP) is 0.785. The number of nitrogens with two attached hydrogens (primary N) is 2. The molecule has 1 aromatic rings. The molecule has 0 radical (unpaired) electrons. The average molecular weight is 222 g/mol. The van der Waals surface area contributed by atoms with Crippen LogP contribution in [0.4, 0.5) is 0 Å². The van der Waals surface area contributed by atoms with Crippen molar-refractivity contribution < 1.29 is 9.53 Å². The monoisotopic (exact) mass is 222 g/mol. The number of methoxy groups -OCH3 is 1.